The summed E-state index contributed by atoms with van der Waals surface area (Å²) in [6, 6.07) is 38.1. The predicted molar refractivity (Wildman–Crippen MR) is 138 cm³/mol. The monoisotopic (exact) mass is 436 g/mol. The minimum absolute atomic E-state index is 0.952. The molecule has 1 aliphatic rings. The highest BCUT2D eigenvalue weighted by atomic mass is 15.2. The van der Waals surface area contributed by atoms with Crippen molar-refractivity contribution in [3.8, 4) is 28.2 Å². The lowest BCUT2D eigenvalue weighted by molar-refractivity contribution is 1.06. The van der Waals surface area contributed by atoms with Crippen LogP contribution in [0, 0.1) is 0 Å². The van der Waals surface area contributed by atoms with Crippen molar-refractivity contribution in [3.63, 3.8) is 0 Å². The maximum atomic E-state index is 5.09. The summed E-state index contributed by atoms with van der Waals surface area (Å²) in [4.78, 5) is 11.6. The molecule has 0 N–H and O–H groups in total. The van der Waals surface area contributed by atoms with Gasteiger partial charge in [0.05, 0.1) is 28.1 Å². The van der Waals surface area contributed by atoms with Gasteiger partial charge >= 0.3 is 0 Å². The molecule has 7 rings (SSSR count). The van der Waals surface area contributed by atoms with E-state index in [0.29, 0.717) is 0 Å². The number of para-hydroxylation sites is 2. The molecule has 0 atom stereocenters. The molecule has 0 unspecified atom stereocenters. The zero-order chi connectivity index (χ0) is 22.5. The standard InChI is InChI=1S/C30H20N4/c1-3-8-22(9-4-1)30-32-25-12-7-13-27-29(25)34(30)26-15-14-23(21-16-18-31-19-17-21)20-28(26)33(27)24-10-5-2-6-11-24/h1-20H. The second kappa shape index (κ2) is 7.42. The first-order chi connectivity index (χ1) is 16.9. The van der Waals surface area contributed by atoms with Gasteiger partial charge in [-0.25, -0.2) is 4.98 Å². The number of fused-ring (bicyclic) bond motifs is 2. The second-order valence-corrected chi connectivity index (χ2v) is 8.39. The first-order valence-electron chi connectivity index (χ1n) is 11.4. The number of nitrogens with zero attached hydrogens (tertiary/aromatic N) is 4. The topological polar surface area (TPSA) is 34.0 Å². The predicted octanol–water partition coefficient (Wildman–Crippen LogP) is 7.54. The molecular formula is C30H20N4. The molecule has 4 nitrogen and oxygen atoms in total. The van der Waals surface area contributed by atoms with Gasteiger partial charge in [0.2, 0.25) is 0 Å². The van der Waals surface area contributed by atoms with Gasteiger partial charge < -0.3 is 4.90 Å². The van der Waals surface area contributed by atoms with E-state index in [4.69, 9.17) is 4.98 Å². The lowest BCUT2D eigenvalue weighted by atomic mass is 10.0. The fourth-order valence-corrected chi connectivity index (χ4v) is 4.91. The van der Waals surface area contributed by atoms with Crippen LogP contribution in [0.4, 0.5) is 17.1 Å². The smallest absolute Gasteiger partial charge is 0.145 e. The van der Waals surface area contributed by atoms with Crippen LogP contribution in [0.2, 0.25) is 0 Å². The van der Waals surface area contributed by atoms with E-state index in [0.717, 1.165) is 56.3 Å². The van der Waals surface area contributed by atoms with Crippen molar-refractivity contribution in [1.82, 2.24) is 14.5 Å². The van der Waals surface area contributed by atoms with Crippen molar-refractivity contribution in [2.24, 2.45) is 0 Å². The molecule has 0 saturated heterocycles. The Morgan fingerprint density at radius 2 is 1.29 bits per heavy atom. The van der Waals surface area contributed by atoms with Crippen LogP contribution in [-0.2, 0) is 0 Å². The van der Waals surface area contributed by atoms with E-state index in [-0.39, 0.29) is 0 Å². The van der Waals surface area contributed by atoms with Gasteiger partial charge in [0.1, 0.15) is 5.82 Å². The molecule has 2 aromatic heterocycles. The molecule has 0 aliphatic carbocycles. The summed E-state index contributed by atoms with van der Waals surface area (Å²) >= 11 is 0. The molecule has 4 aromatic carbocycles. The van der Waals surface area contributed by atoms with E-state index in [2.05, 4.69) is 118 Å². The van der Waals surface area contributed by atoms with Gasteiger partial charge in [-0.3, -0.25) is 9.55 Å². The van der Waals surface area contributed by atoms with Gasteiger partial charge in [-0.05, 0) is 59.7 Å². The zero-order valence-corrected chi connectivity index (χ0v) is 18.3. The average Bonchev–Trinajstić information content (AvgIpc) is 3.31. The number of anilines is 3. The summed E-state index contributed by atoms with van der Waals surface area (Å²) in [5.41, 5.74) is 9.98. The maximum Gasteiger partial charge on any atom is 0.145 e. The number of hydrogen-bond donors (Lipinski definition) is 0. The van der Waals surface area contributed by atoms with Crippen LogP contribution in [0.15, 0.2) is 122 Å². The summed E-state index contributed by atoms with van der Waals surface area (Å²) in [7, 11) is 0. The molecule has 0 spiro atoms. The van der Waals surface area contributed by atoms with Gasteiger partial charge in [-0.15, -0.1) is 0 Å². The van der Waals surface area contributed by atoms with E-state index in [1.807, 2.05) is 18.5 Å². The van der Waals surface area contributed by atoms with Crippen LogP contribution in [0.5, 0.6) is 0 Å². The first-order valence-corrected chi connectivity index (χ1v) is 11.4. The summed E-state index contributed by atoms with van der Waals surface area (Å²) in [6.45, 7) is 0. The molecule has 160 valence electrons. The summed E-state index contributed by atoms with van der Waals surface area (Å²) in [5.74, 6) is 0.952. The molecule has 0 amide bonds. The Morgan fingerprint density at radius 3 is 2.09 bits per heavy atom. The lowest BCUT2D eigenvalue weighted by Crippen LogP contribution is -2.18. The fourth-order valence-electron chi connectivity index (χ4n) is 4.91. The largest absolute Gasteiger partial charge is 0.306 e. The van der Waals surface area contributed by atoms with E-state index in [9.17, 15) is 0 Å². The summed E-state index contributed by atoms with van der Waals surface area (Å²) < 4.78 is 2.31. The molecule has 0 fully saturated rings. The minimum atomic E-state index is 0.952. The molecule has 4 heteroatoms. The van der Waals surface area contributed by atoms with Crippen molar-refractivity contribution in [3.05, 3.63) is 122 Å². The third kappa shape index (κ3) is 2.79. The summed E-state index contributed by atoms with van der Waals surface area (Å²) in [5, 5.41) is 0. The fraction of sp³-hybridized carbons (Fsp3) is 0. The number of rotatable bonds is 3. The van der Waals surface area contributed by atoms with Crippen molar-refractivity contribution in [2.45, 2.75) is 0 Å². The third-order valence-corrected chi connectivity index (χ3v) is 6.41. The van der Waals surface area contributed by atoms with Crippen LogP contribution < -0.4 is 4.90 Å². The molecule has 1 aliphatic heterocycles. The van der Waals surface area contributed by atoms with Crippen molar-refractivity contribution in [1.29, 1.82) is 0 Å². The number of imidazole rings is 1. The quantitative estimate of drug-likeness (QED) is 0.287. The van der Waals surface area contributed by atoms with Gasteiger partial charge in [0, 0.05) is 23.6 Å². The Labute approximate surface area is 197 Å². The Kier molecular flexibility index (Phi) is 4.11. The molecule has 0 radical (unpaired) electrons. The lowest BCUT2D eigenvalue weighted by Gasteiger charge is -2.33. The normalized spacial score (nSPS) is 12.1. The van der Waals surface area contributed by atoms with E-state index in [1.54, 1.807) is 0 Å². The molecule has 0 saturated carbocycles. The molecule has 34 heavy (non-hydrogen) atoms. The average molecular weight is 437 g/mol. The number of hydrogen-bond acceptors (Lipinski definition) is 3. The van der Waals surface area contributed by atoms with Crippen LogP contribution in [0.3, 0.4) is 0 Å². The van der Waals surface area contributed by atoms with Gasteiger partial charge in [-0.1, -0.05) is 60.7 Å². The van der Waals surface area contributed by atoms with Gasteiger partial charge in [0.25, 0.3) is 0 Å². The Morgan fingerprint density at radius 1 is 0.529 bits per heavy atom. The molecule has 6 aromatic rings. The highest BCUT2D eigenvalue weighted by Crippen LogP contribution is 2.49. The highest BCUT2D eigenvalue weighted by Gasteiger charge is 2.29. The number of pyridine rings is 1. The third-order valence-electron chi connectivity index (χ3n) is 6.41. The van der Waals surface area contributed by atoms with Crippen LogP contribution in [0.1, 0.15) is 0 Å². The SMILES string of the molecule is c1ccc(-c2nc3cccc4c3n2-c2ccc(-c3ccncc3)cc2N4c2ccccc2)cc1. The zero-order valence-electron chi connectivity index (χ0n) is 18.3. The van der Waals surface area contributed by atoms with Crippen molar-refractivity contribution >= 4 is 28.1 Å². The van der Waals surface area contributed by atoms with Gasteiger partial charge in [0.15, 0.2) is 0 Å². The maximum absolute atomic E-state index is 5.09. The first kappa shape index (κ1) is 18.8. The number of aromatic nitrogens is 3. The molecule has 3 heterocycles. The van der Waals surface area contributed by atoms with Crippen LogP contribution in [-0.4, -0.2) is 14.5 Å². The van der Waals surface area contributed by atoms with Crippen LogP contribution >= 0.6 is 0 Å². The Hall–Kier alpha value is -4.70. The summed E-state index contributed by atoms with van der Waals surface area (Å²) in [6.07, 6.45) is 3.68. The molecular weight excluding hydrogens is 416 g/mol. The van der Waals surface area contributed by atoms with Crippen molar-refractivity contribution in [2.75, 3.05) is 4.90 Å². The Bertz CT molecular complexity index is 1640. The van der Waals surface area contributed by atoms with E-state index in [1.165, 1.54) is 0 Å². The number of benzene rings is 4. The highest BCUT2D eigenvalue weighted by molar-refractivity contribution is 6.03. The van der Waals surface area contributed by atoms with Crippen molar-refractivity contribution < 1.29 is 0 Å². The van der Waals surface area contributed by atoms with E-state index < -0.39 is 0 Å². The van der Waals surface area contributed by atoms with E-state index >= 15 is 0 Å². The second-order valence-electron chi connectivity index (χ2n) is 8.39. The van der Waals surface area contributed by atoms with Gasteiger partial charge in [-0.2, -0.15) is 0 Å². The minimum Gasteiger partial charge on any atom is -0.306 e. The van der Waals surface area contributed by atoms with Crippen LogP contribution in [0.25, 0.3) is 39.2 Å². The Balaban J connectivity index is 1.58. The molecule has 0 bridgehead atoms.